The maximum Gasteiger partial charge on any atom is 0.323 e. The summed E-state index contributed by atoms with van der Waals surface area (Å²) in [6.07, 6.45) is 6.29. The van der Waals surface area contributed by atoms with E-state index in [4.69, 9.17) is 5.11 Å². The molecule has 2 rings (SSSR count). The fraction of sp³-hybridized carbons (Fsp3) is 0.286. The molecule has 19 heavy (non-hydrogen) atoms. The second-order valence-electron chi connectivity index (χ2n) is 4.30. The predicted molar refractivity (Wildman–Crippen MR) is 73.1 cm³/mol. The topological polar surface area (TPSA) is 58.4 Å². The minimum atomic E-state index is -0.813. The SMILES string of the molecule is O=C(O)CN(CCCn1ccnc1)c1ccccc1. The third-order valence-corrected chi connectivity index (χ3v) is 2.85. The van der Waals surface area contributed by atoms with Crippen LogP contribution in [0.4, 0.5) is 5.69 Å². The van der Waals surface area contributed by atoms with E-state index in [1.165, 1.54) is 0 Å². The third-order valence-electron chi connectivity index (χ3n) is 2.85. The van der Waals surface area contributed by atoms with E-state index in [1.54, 1.807) is 12.5 Å². The Labute approximate surface area is 112 Å². The Balaban J connectivity index is 1.92. The van der Waals surface area contributed by atoms with Gasteiger partial charge in [0.1, 0.15) is 6.54 Å². The molecule has 0 saturated carbocycles. The summed E-state index contributed by atoms with van der Waals surface area (Å²) in [5.41, 5.74) is 0.940. The molecule has 0 amide bonds. The van der Waals surface area contributed by atoms with Gasteiger partial charge in [-0.3, -0.25) is 4.79 Å². The number of anilines is 1. The van der Waals surface area contributed by atoms with Crippen molar-refractivity contribution in [1.82, 2.24) is 9.55 Å². The predicted octanol–water partition coefficient (Wildman–Crippen LogP) is 1.86. The fourth-order valence-corrected chi connectivity index (χ4v) is 1.96. The molecular weight excluding hydrogens is 242 g/mol. The molecule has 1 heterocycles. The van der Waals surface area contributed by atoms with Gasteiger partial charge in [-0.1, -0.05) is 18.2 Å². The number of carboxylic acids is 1. The molecule has 5 nitrogen and oxygen atoms in total. The zero-order chi connectivity index (χ0) is 13.5. The average Bonchev–Trinajstić information content (AvgIpc) is 2.91. The fourth-order valence-electron chi connectivity index (χ4n) is 1.96. The maximum absolute atomic E-state index is 10.9. The molecule has 0 atom stereocenters. The van der Waals surface area contributed by atoms with E-state index < -0.39 is 5.97 Å². The summed E-state index contributed by atoms with van der Waals surface area (Å²) < 4.78 is 1.99. The molecule has 1 aromatic carbocycles. The normalized spacial score (nSPS) is 10.3. The minimum Gasteiger partial charge on any atom is -0.480 e. The first-order chi connectivity index (χ1) is 9.25. The summed E-state index contributed by atoms with van der Waals surface area (Å²) >= 11 is 0. The Kier molecular flexibility index (Phi) is 4.55. The lowest BCUT2D eigenvalue weighted by atomic mass is 10.2. The van der Waals surface area contributed by atoms with Gasteiger partial charge in [-0.2, -0.15) is 0 Å². The number of hydrogen-bond donors (Lipinski definition) is 1. The van der Waals surface area contributed by atoms with E-state index in [0.717, 1.165) is 18.7 Å². The largest absolute Gasteiger partial charge is 0.480 e. The highest BCUT2D eigenvalue weighted by Gasteiger charge is 2.09. The zero-order valence-corrected chi connectivity index (χ0v) is 10.6. The van der Waals surface area contributed by atoms with E-state index in [9.17, 15) is 4.79 Å². The monoisotopic (exact) mass is 259 g/mol. The van der Waals surface area contributed by atoms with Crippen molar-refractivity contribution in [2.24, 2.45) is 0 Å². The first-order valence-electron chi connectivity index (χ1n) is 6.23. The van der Waals surface area contributed by atoms with Crippen molar-refractivity contribution < 1.29 is 9.90 Å². The summed E-state index contributed by atoms with van der Waals surface area (Å²) in [5, 5.41) is 8.97. The Morgan fingerprint density at radius 1 is 1.32 bits per heavy atom. The van der Waals surface area contributed by atoms with Crippen molar-refractivity contribution in [3.05, 3.63) is 49.1 Å². The van der Waals surface area contributed by atoms with Crippen molar-refractivity contribution >= 4 is 11.7 Å². The number of carbonyl (C=O) groups is 1. The lowest BCUT2D eigenvalue weighted by Crippen LogP contribution is -2.31. The molecule has 100 valence electrons. The number of aromatic nitrogens is 2. The van der Waals surface area contributed by atoms with Crippen LogP contribution in [0.15, 0.2) is 49.1 Å². The number of para-hydroxylation sites is 1. The summed E-state index contributed by atoms with van der Waals surface area (Å²) in [5.74, 6) is -0.813. The van der Waals surface area contributed by atoms with Gasteiger partial charge in [0.15, 0.2) is 0 Å². The smallest absolute Gasteiger partial charge is 0.323 e. The molecule has 0 unspecified atom stereocenters. The van der Waals surface area contributed by atoms with Crippen LogP contribution in [0.25, 0.3) is 0 Å². The molecule has 2 aromatic rings. The lowest BCUT2D eigenvalue weighted by Gasteiger charge is -2.22. The molecule has 0 aliphatic rings. The van der Waals surface area contributed by atoms with Gasteiger partial charge in [-0.05, 0) is 18.6 Å². The summed E-state index contributed by atoms with van der Waals surface area (Å²) in [7, 11) is 0. The number of carboxylic acid groups (broad SMARTS) is 1. The Morgan fingerprint density at radius 2 is 2.11 bits per heavy atom. The van der Waals surface area contributed by atoms with Gasteiger partial charge < -0.3 is 14.6 Å². The van der Waals surface area contributed by atoms with Gasteiger partial charge in [-0.25, -0.2) is 4.98 Å². The number of hydrogen-bond acceptors (Lipinski definition) is 3. The molecule has 1 aromatic heterocycles. The van der Waals surface area contributed by atoms with Crippen LogP contribution in [0.5, 0.6) is 0 Å². The number of aliphatic carboxylic acids is 1. The molecule has 0 spiro atoms. The summed E-state index contributed by atoms with van der Waals surface area (Å²) in [6.45, 7) is 1.56. The lowest BCUT2D eigenvalue weighted by molar-refractivity contribution is -0.135. The van der Waals surface area contributed by atoms with Crippen LogP contribution in [0, 0.1) is 0 Å². The highest BCUT2D eigenvalue weighted by Crippen LogP contribution is 2.13. The molecule has 1 N–H and O–H groups in total. The zero-order valence-electron chi connectivity index (χ0n) is 10.6. The second kappa shape index (κ2) is 6.58. The van der Waals surface area contributed by atoms with Crippen LogP contribution in [0.2, 0.25) is 0 Å². The second-order valence-corrected chi connectivity index (χ2v) is 4.30. The molecule has 0 aliphatic carbocycles. The Hall–Kier alpha value is -2.30. The van der Waals surface area contributed by atoms with Crippen molar-refractivity contribution in [3.63, 3.8) is 0 Å². The number of benzene rings is 1. The minimum absolute atomic E-state index is 0.0218. The van der Waals surface area contributed by atoms with Crippen molar-refractivity contribution in [3.8, 4) is 0 Å². The van der Waals surface area contributed by atoms with Crippen LogP contribution in [0.3, 0.4) is 0 Å². The van der Waals surface area contributed by atoms with Gasteiger partial charge in [0.05, 0.1) is 6.33 Å². The molecule has 0 radical (unpaired) electrons. The van der Waals surface area contributed by atoms with Gasteiger partial charge in [0, 0.05) is 31.2 Å². The van der Waals surface area contributed by atoms with Crippen LogP contribution in [-0.4, -0.2) is 33.7 Å². The van der Waals surface area contributed by atoms with Crippen LogP contribution in [0.1, 0.15) is 6.42 Å². The number of imidazole rings is 1. The summed E-state index contributed by atoms with van der Waals surface area (Å²) in [4.78, 5) is 16.8. The standard InChI is InChI=1S/C14H17N3O2/c18-14(19)11-17(13-5-2-1-3-6-13)9-4-8-16-10-7-15-12-16/h1-3,5-7,10,12H,4,8-9,11H2,(H,18,19). The molecule has 0 aliphatic heterocycles. The first kappa shape index (κ1) is 13.1. The Morgan fingerprint density at radius 3 is 2.74 bits per heavy atom. The first-order valence-corrected chi connectivity index (χ1v) is 6.23. The van der Waals surface area contributed by atoms with E-state index in [2.05, 4.69) is 4.98 Å². The van der Waals surface area contributed by atoms with Crippen LogP contribution in [-0.2, 0) is 11.3 Å². The quantitative estimate of drug-likeness (QED) is 0.824. The van der Waals surface area contributed by atoms with Crippen LogP contribution < -0.4 is 4.90 Å². The molecule has 5 heteroatoms. The number of nitrogens with zero attached hydrogens (tertiary/aromatic N) is 3. The van der Waals surface area contributed by atoms with E-state index in [0.29, 0.717) is 6.54 Å². The van der Waals surface area contributed by atoms with E-state index in [-0.39, 0.29) is 6.54 Å². The van der Waals surface area contributed by atoms with Gasteiger partial charge >= 0.3 is 5.97 Å². The maximum atomic E-state index is 10.9. The van der Waals surface area contributed by atoms with Crippen LogP contribution >= 0.6 is 0 Å². The van der Waals surface area contributed by atoms with Crippen molar-refractivity contribution in [1.29, 1.82) is 0 Å². The Bertz CT molecular complexity index is 497. The van der Waals surface area contributed by atoms with Gasteiger partial charge in [0.2, 0.25) is 0 Å². The van der Waals surface area contributed by atoms with E-state index in [1.807, 2.05) is 46.0 Å². The molecule has 0 bridgehead atoms. The molecule has 0 fully saturated rings. The highest BCUT2D eigenvalue weighted by molar-refractivity contribution is 5.73. The van der Waals surface area contributed by atoms with Crippen molar-refractivity contribution in [2.45, 2.75) is 13.0 Å². The number of aryl methyl sites for hydroxylation is 1. The molecule has 0 saturated heterocycles. The van der Waals surface area contributed by atoms with Crippen molar-refractivity contribution in [2.75, 3.05) is 18.0 Å². The highest BCUT2D eigenvalue weighted by atomic mass is 16.4. The average molecular weight is 259 g/mol. The number of rotatable bonds is 7. The molecular formula is C14H17N3O2. The summed E-state index contributed by atoms with van der Waals surface area (Å²) in [6, 6.07) is 9.62. The third kappa shape index (κ3) is 4.13. The van der Waals surface area contributed by atoms with E-state index >= 15 is 0 Å². The van der Waals surface area contributed by atoms with Gasteiger partial charge in [-0.15, -0.1) is 0 Å². The van der Waals surface area contributed by atoms with Gasteiger partial charge in [0.25, 0.3) is 0 Å².